The van der Waals surface area contributed by atoms with Crippen molar-refractivity contribution < 1.29 is 4.42 Å². The topological polar surface area (TPSA) is 16.4 Å². The third-order valence-electron chi connectivity index (χ3n) is 6.66. The summed E-state index contributed by atoms with van der Waals surface area (Å²) in [5, 5.41) is 4.98. The molecule has 0 fully saturated rings. The van der Waals surface area contributed by atoms with Crippen LogP contribution < -0.4 is 4.90 Å². The summed E-state index contributed by atoms with van der Waals surface area (Å²) in [5.74, 6) is 0. The van der Waals surface area contributed by atoms with Gasteiger partial charge < -0.3 is 9.32 Å². The maximum Gasteiger partial charge on any atom is 0.136 e. The van der Waals surface area contributed by atoms with Crippen molar-refractivity contribution in [2.24, 2.45) is 0 Å². The maximum absolute atomic E-state index is 6.19. The number of para-hydroxylation sites is 3. The Bertz CT molecular complexity index is 1870. The fraction of sp³-hybridized carbons (Fsp3) is 0. The van der Waals surface area contributed by atoms with E-state index >= 15 is 0 Å². The zero-order chi connectivity index (χ0) is 22.2. The lowest BCUT2D eigenvalue weighted by Gasteiger charge is -2.33. The minimum atomic E-state index is 0.943. The van der Waals surface area contributed by atoms with Gasteiger partial charge in [-0.1, -0.05) is 66.4 Å². The van der Waals surface area contributed by atoms with Crippen molar-refractivity contribution in [1.29, 1.82) is 0 Å². The van der Waals surface area contributed by atoms with Crippen molar-refractivity contribution in [2.75, 3.05) is 4.90 Å². The molecule has 0 aliphatic carbocycles. The summed E-state index contributed by atoms with van der Waals surface area (Å²) in [6.45, 7) is 0. The highest BCUT2D eigenvalue weighted by atomic mass is 32.2. The summed E-state index contributed by atoms with van der Waals surface area (Å²) in [7, 11) is 0. The van der Waals surface area contributed by atoms with E-state index in [-0.39, 0.29) is 0 Å². The van der Waals surface area contributed by atoms with Gasteiger partial charge in [0, 0.05) is 36.0 Å². The highest BCUT2D eigenvalue weighted by molar-refractivity contribution is 7.99. The molecule has 2 nitrogen and oxygen atoms in total. The van der Waals surface area contributed by atoms with E-state index in [9.17, 15) is 0 Å². The van der Waals surface area contributed by atoms with E-state index in [0.29, 0.717) is 0 Å². The normalized spacial score (nSPS) is 13.1. The SMILES string of the molecule is c1ccc2c(c1)Sc1ccccc1N2c1cccc2c1sc1c2ccc2oc3ccccc3c21. The van der Waals surface area contributed by atoms with E-state index in [0.717, 1.165) is 11.2 Å². The standard InChI is InChI=1S/C30H17NOS2/c1-4-13-24-20(8-1)28-25(32-24)17-16-19-18-9-7-12-23(29(18)34-30(19)28)31-21-10-2-5-14-26(21)33-27-15-6-3-11-22(27)31/h1-17H. The Hall–Kier alpha value is -3.73. The van der Waals surface area contributed by atoms with Crippen LogP contribution in [0.2, 0.25) is 0 Å². The molecule has 3 heterocycles. The molecule has 1 aliphatic rings. The van der Waals surface area contributed by atoms with Gasteiger partial charge in [-0.15, -0.1) is 11.3 Å². The first-order valence-electron chi connectivity index (χ1n) is 11.3. The molecule has 0 bridgehead atoms. The van der Waals surface area contributed by atoms with E-state index < -0.39 is 0 Å². The van der Waals surface area contributed by atoms with Crippen LogP contribution in [0.15, 0.2) is 117 Å². The molecule has 2 aromatic heterocycles. The first-order valence-corrected chi connectivity index (χ1v) is 12.9. The van der Waals surface area contributed by atoms with Crippen molar-refractivity contribution in [2.45, 2.75) is 9.79 Å². The highest BCUT2D eigenvalue weighted by Crippen LogP contribution is 2.54. The first-order chi connectivity index (χ1) is 16.9. The van der Waals surface area contributed by atoms with E-state index in [1.165, 1.54) is 57.8 Å². The quantitative estimate of drug-likeness (QED) is 0.237. The number of hydrogen-bond donors (Lipinski definition) is 0. The molecule has 34 heavy (non-hydrogen) atoms. The lowest BCUT2D eigenvalue weighted by atomic mass is 10.1. The molecule has 0 saturated carbocycles. The van der Waals surface area contributed by atoms with Crippen LogP contribution in [0.5, 0.6) is 0 Å². The van der Waals surface area contributed by atoms with Gasteiger partial charge in [0.2, 0.25) is 0 Å². The first kappa shape index (κ1) is 18.7. The second kappa shape index (κ2) is 6.89. The molecule has 0 radical (unpaired) electrons. The van der Waals surface area contributed by atoms with Crippen LogP contribution in [0.3, 0.4) is 0 Å². The van der Waals surface area contributed by atoms with Gasteiger partial charge in [-0.3, -0.25) is 0 Å². The van der Waals surface area contributed by atoms with Crippen molar-refractivity contribution in [1.82, 2.24) is 0 Å². The third kappa shape index (κ3) is 2.47. The molecule has 0 unspecified atom stereocenters. The number of rotatable bonds is 1. The van der Waals surface area contributed by atoms with Gasteiger partial charge in [0.15, 0.2) is 0 Å². The average Bonchev–Trinajstić information content (AvgIpc) is 3.45. The predicted molar refractivity (Wildman–Crippen MR) is 145 cm³/mol. The van der Waals surface area contributed by atoms with E-state index in [1.54, 1.807) is 0 Å². The lowest BCUT2D eigenvalue weighted by Crippen LogP contribution is -2.14. The van der Waals surface area contributed by atoms with Crippen LogP contribution in [0.1, 0.15) is 0 Å². The summed E-state index contributed by atoms with van der Waals surface area (Å²) in [5.41, 5.74) is 5.58. The summed E-state index contributed by atoms with van der Waals surface area (Å²) < 4.78 is 8.78. The summed E-state index contributed by atoms with van der Waals surface area (Å²) in [6.07, 6.45) is 0. The predicted octanol–water partition coefficient (Wildman–Crippen LogP) is 9.89. The van der Waals surface area contributed by atoms with Crippen LogP contribution in [0.25, 0.3) is 42.1 Å². The van der Waals surface area contributed by atoms with E-state index in [4.69, 9.17) is 4.42 Å². The van der Waals surface area contributed by atoms with E-state index in [1.807, 2.05) is 29.2 Å². The molecule has 7 aromatic rings. The minimum Gasteiger partial charge on any atom is -0.456 e. The number of fused-ring (bicyclic) bond motifs is 9. The number of furan rings is 1. The molecule has 1 aliphatic heterocycles. The molecule has 8 rings (SSSR count). The Morgan fingerprint density at radius 2 is 1.15 bits per heavy atom. The molecule has 0 spiro atoms. The monoisotopic (exact) mass is 471 g/mol. The van der Waals surface area contributed by atoms with Gasteiger partial charge in [-0.25, -0.2) is 0 Å². The molecule has 4 heteroatoms. The molecule has 0 amide bonds. The molecule has 0 saturated heterocycles. The molecule has 0 N–H and O–H groups in total. The maximum atomic E-state index is 6.19. The molecule has 5 aromatic carbocycles. The van der Waals surface area contributed by atoms with Crippen LogP contribution in [-0.4, -0.2) is 0 Å². The number of nitrogens with zero attached hydrogens (tertiary/aromatic N) is 1. The molecule has 160 valence electrons. The van der Waals surface area contributed by atoms with Gasteiger partial charge in [-0.2, -0.15) is 0 Å². The summed E-state index contributed by atoms with van der Waals surface area (Å²) in [6, 6.07) is 36.8. The Labute approximate surface area is 204 Å². The third-order valence-corrected chi connectivity index (χ3v) is 9.05. The number of benzene rings is 5. The average molecular weight is 472 g/mol. The van der Waals surface area contributed by atoms with Gasteiger partial charge >= 0.3 is 0 Å². The van der Waals surface area contributed by atoms with Crippen LogP contribution in [0, 0.1) is 0 Å². The number of anilines is 3. The molecular weight excluding hydrogens is 454 g/mol. The largest absolute Gasteiger partial charge is 0.456 e. The Balaban J connectivity index is 1.49. The van der Waals surface area contributed by atoms with Crippen molar-refractivity contribution in [3.8, 4) is 0 Å². The highest BCUT2D eigenvalue weighted by Gasteiger charge is 2.26. The smallest absolute Gasteiger partial charge is 0.136 e. The van der Waals surface area contributed by atoms with Crippen molar-refractivity contribution >= 4 is 82.3 Å². The molecule has 0 atom stereocenters. The van der Waals surface area contributed by atoms with Gasteiger partial charge in [0.1, 0.15) is 11.2 Å². The molecular formula is C30H17NOS2. The Kier molecular flexibility index (Phi) is 3.78. The number of hydrogen-bond acceptors (Lipinski definition) is 4. The minimum absolute atomic E-state index is 0.943. The Morgan fingerprint density at radius 1 is 0.500 bits per heavy atom. The number of thiophene rings is 1. The van der Waals surface area contributed by atoms with E-state index in [2.05, 4.69) is 102 Å². The fourth-order valence-corrected chi connectivity index (χ4v) is 7.60. The van der Waals surface area contributed by atoms with Crippen LogP contribution in [-0.2, 0) is 0 Å². The van der Waals surface area contributed by atoms with Gasteiger partial charge in [0.25, 0.3) is 0 Å². The Morgan fingerprint density at radius 3 is 1.97 bits per heavy atom. The zero-order valence-corrected chi connectivity index (χ0v) is 19.6. The lowest BCUT2D eigenvalue weighted by molar-refractivity contribution is 0.669. The second-order valence-corrected chi connectivity index (χ2v) is 10.6. The van der Waals surface area contributed by atoms with Crippen LogP contribution in [0.4, 0.5) is 17.1 Å². The van der Waals surface area contributed by atoms with Gasteiger partial charge in [-0.05, 0) is 48.5 Å². The van der Waals surface area contributed by atoms with Crippen LogP contribution >= 0.6 is 23.1 Å². The van der Waals surface area contributed by atoms with Crippen molar-refractivity contribution in [3.63, 3.8) is 0 Å². The summed E-state index contributed by atoms with van der Waals surface area (Å²) in [4.78, 5) is 4.99. The fourth-order valence-electron chi connectivity index (χ4n) is 5.19. The van der Waals surface area contributed by atoms with Gasteiger partial charge in [0.05, 0.1) is 21.8 Å². The second-order valence-electron chi connectivity index (χ2n) is 8.54. The summed E-state index contributed by atoms with van der Waals surface area (Å²) >= 11 is 3.72. The zero-order valence-electron chi connectivity index (χ0n) is 18.0. The van der Waals surface area contributed by atoms with Crippen molar-refractivity contribution in [3.05, 3.63) is 103 Å².